The van der Waals surface area contributed by atoms with Crippen molar-refractivity contribution in [1.82, 2.24) is 10.6 Å². The fourth-order valence-corrected chi connectivity index (χ4v) is 2.58. The maximum absolute atomic E-state index is 12.1. The molecule has 0 aromatic heterocycles. The largest absolute Gasteiger partial charge is 0.349 e. The quantitative estimate of drug-likeness (QED) is 0.882. The first kappa shape index (κ1) is 16.5. The molecule has 5 heteroatoms. The van der Waals surface area contributed by atoms with E-state index in [0.29, 0.717) is 11.5 Å². The SMILES string of the molecule is CC(NC(=O)c1ccc(Br)cc1)C1CCCNC1.Cl. The summed E-state index contributed by atoms with van der Waals surface area (Å²) in [5.41, 5.74) is 0.716. The summed E-state index contributed by atoms with van der Waals surface area (Å²) in [5, 5.41) is 6.47. The molecular weight excluding hydrogens is 328 g/mol. The molecule has 2 N–H and O–H groups in total. The summed E-state index contributed by atoms with van der Waals surface area (Å²) in [4.78, 5) is 12.1. The average molecular weight is 348 g/mol. The molecule has 2 atom stereocenters. The van der Waals surface area contributed by atoms with Crippen LogP contribution in [0.1, 0.15) is 30.1 Å². The minimum Gasteiger partial charge on any atom is -0.349 e. The summed E-state index contributed by atoms with van der Waals surface area (Å²) in [6.07, 6.45) is 2.39. The first-order valence-corrected chi connectivity index (χ1v) is 7.23. The molecular formula is C14H20BrClN2O. The van der Waals surface area contributed by atoms with E-state index in [1.807, 2.05) is 24.3 Å². The Morgan fingerprint density at radius 3 is 2.68 bits per heavy atom. The number of hydrogen-bond acceptors (Lipinski definition) is 2. The van der Waals surface area contributed by atoms with Crippen molar-refractivity contribution in [2.24, 2.45) is 5.92 Å². The van der Waals surface area contributed by atoms with Crippen molar-refractivity contribution in [1.29, 1.82) is 0 Å². The lowest BCUT2D eigenvalue weighted by molar-refractivity contribution is 0.0922. The molecule has 0 spiro atoms. The minimum atomic E-state index is 0. The third kappa shape index (κ3) is 4.79. The maximum atomic E-state index is 12.1. The molecule has 0 bridgehead atoms. The highest BCUT2D eigenvalue weighted by molar-refractivity contribution is 9.10. The van der Waals surface area contributed by atoms with Gasteiger partial charge in [0.1, 0.15) is 0 Å². The molecule has 0 aliphatic carbocycles. The van der Waals surface area contributed by atoms with Gasteiger partial charge in [-0.05, 0) is 63.0 Å². The van der Waals surface area contributed by atoms with Gasteiger partial charge in [0.05, 0.1) is 0 Å². The van der Waals surface area contributed by atoms with Crippen LogP contribution in [-0.4, -0.2) is 25.0 Å². The first-order valence-electron chi connectivity index (χ1n) is 6.44. The van der Waals surface area contributed by atoms with Gasteiger partial charge in [-0.25, -0.2) is 0 Å². The van der Waals surface area contributed by atoms with E-state index in [1.165, 1.54) is 12.8 Å². The van der Waals surface area contributed by atoms with E-state index >= 15 is 0 Å². The summed E-state index contributed by atoms with van der Waals surface area (Å²) in [5.74, 6) is 0.554. The van der Waals surface area contributed by atoms with Crippen LogP contribution in [0.2, 0.25) is 0 Å². The second-order valence-corrected chi connectivity index (χ2v) is 5.79. The van der Waals surface area contributed by atoms with Crippen LogP contribution in [0.5, 0.6) is 0 Å². The van der Waals surface area contributed by atoms with Crippen LogP contribution in [0.4, 0.5) is 0 Å². The minimum absolute atomic E-state index is 0. The second kappa shape index (κ2) is 7.88. The fraction of sp³-hybridized carbons (Fsp3) is 0.500. The number of piperidine rings is 1. The number of amides is 1. The molecule has 19 heavy (non-hydrogen) atoms. The highest BCUT2D eigenvalue weighted by atomic mass is 79.9. The third-order valence-corrected chi connectivity index (χ3v) is 4.04. The molecule has 1 amide bonds. The molecule has 3 nitrogen and oxygen atoms in total. The highest BCUT2D eigenvalue weighted by Crippen LogP contribution is 2.15. The standard InChI is InChI=1S/C14H19BrN2O.ClH/c1-10(12-3-2-8-16-9-12)17-14(18)11-4-6-13(15)7-5-11;/h4-7,10,12,16H,2-3,8-9H2,1H3,(H,17,18);1H. The fourth-order valence-electron chi connectivity index (χ4n) is 2.31. The van der Waals surface area contributed by atoms with E-state index in [9.17, 15) is 4.79 Å². The molecule has 1 aromatic carbocycles. The van der Waals surface area contributed by atoms with Gasteiger partial charge >= 0.3 is 0 Å². The third-order valence-electron chi connectivity index (χ3n) is 3.51. The Balaban J connectivity index is 0.00000180. The van der Waals surface area contributed by atoms with E-state index in [4.69, 9.17) is 0 Å². The zero-order valence-corrected chi connectivity index (χ0v) is 13.4. The van der Waals surface area contributed by atoms with Crippen LogP contribution in [-0.2, 0) is 0 Å². The van der Waals surface area contributed by atoms with Crippen molar-refractivity contribution in [2.75, 3.05) is 13.1 Å². The van der Waals surface area contributed by atoms with Crippen molar-refractivity contribution < 1.29 is 4.79 Å². The zero-order chi connectivity index (χ0) is 13.0. The van der Waals surface area contributed by atoms with Gasteiger partial charge in [0.2, 0.25) is 0 Å². The summed E-state index contributed by atoms with van der Waals surface area (Å²) in [6, 6.07) is 7.67. The van der Waals surface area contributed by atoms with Gasteiger partial charge in [-0.2, -0.15) is 0 Å². The number of nitrogens with one attached hydrogen (secondary N) is 2. The normalized spacial score (nSPS) is 20.2. The molecule has 0 radical (unpaired) electrons. The van der Waals surface area contributed by atoms with Crippen molar-refractivity contribution in [3.05, 3.63) is 34.3 Å². The second-order valence-electron chi connectivity index (χ2n) is 4.88. The Kier molecular flexibility index (Phi) is 6.83. The summed E-state index contributed by atoms with van der Waals surface area (Å²) in [6.45, 7) is 4.19. The van der Waals surface area contributed by atoms with Crippen molar-refractivity contribution in [3.63, 3.8) is 0 Å². The smallest absolute Gasteiger partial charge is 0.251 e. The summed E-state index contributed by atoms with van der Waals surface area (Å²) < 4.78 is 0.989. The van der Waals surface area contributed by atoms with Crippen molar-refractivity contribution in [2.45, 2.75) is 25.8 Å². The van der Waals surface area contributed by atoms with E-state index in [-0.39, 0.29) is 24.4 Å². The van der Waals surface area contributed by atoms with Crippen molar-refractivity contribution >= 4 is 34.2 Å². The Bertz CT molecular complexity index is 404. The number of rotatable bonds is 3. The molecule has 0 saturated carbocycles. The lowest BCUT2D eigenvalue weighted by atomic mass is 9.92. The van der Waals surface area contributed by atoms with Crippen LogP contribution in [0.3, 0.4) is 0 Å². The lowest BCUT2D eigenvalue weighted by Crippen LogP contribution is -2.44. The molecule has 1 aromatic rings. The Morgan fingerprint density at radius 2 is 2.11 bits per heavy atom. The predicted octanol–water partition coefficient (Wildman–Crippen LogP) is 2.99. The van der Waals surface area contributed by atoms with Crippen LogP contribution in [0.15, 0.2) is 28.7 Å². The highest BCUT2D eigenvalue weighted by Gasteiger charge is 2.21. The number of benzene rings is 1. The Labute approximate surface area is 129 Å². The van der Waals surface area contributed by atoms with Crippen LogP contribution in [0.25, 0.3) is 0 Å². The van der Waals surface area contributed by atoms with Crippen LogP contribution in [0, 0.1) is 5.92 Å². The van der Waals surface area contributed by atoms with Gasteiger partial charge in [0.15, 0.2) is 0 Å². The lowest BCUT2D eigenvalue weighted by Gasteiger charge is -2.28. The molecule has 1 fully saturated rings. The summed E-state index contributed by atoms with van der Waals surface area (Å²) >= 11 is 3.37. The van der Waals surface area contributed by atoms with Crippen LogP contribution < -0.4 is 10.6 Å². The molecule has 1 saturated heterocycles. The Morgan fingerprint density at radius 1 is 1.42 bits per heavy atom. The average Bonchev–Trinajstić information content (AvgIpc) is 2.40. The van der Waals surface area contributed by atoms with E-state index in [0.717, 1.165) is 17.6 Å². The molecule has 106 valence electrons. The van der Waals surface area contributed by atoms with Gasteiger partial charge in [0, 0.05) is 16.1 Å². The van der Waals surface area contributed by atoms with Gasteiger partial charge < -0.3 is 10.6 Å². The van der Waals surface area contributed by atoms with Crippen LogP contribution >= 0.6 is 28.3 Å². The number of halogens is 2. The molecule has 2 unspecified atom stereocenters. The van der Waals surface area contributed by atoms with E-state index < -0.39 is 0 Å². The number of carbonyl (C=O) groups excluding carboxylic acids is 1. The molecule has 1 aliphatic heterocycles. The zero-order valence-electron chi connectivity index (χ0n) is 11.0. The van der Waals surface area contributed by atoms with Gasteiger partial charge in [-0.1, -0.05) is 15.9 Å². The molecule has 2 rings (SSSR count). The molecule has 1 aliphatic rings. The van der Waals surface area contributed by atoms with E-state index in [1.54, 1.807) is 0 Å². The van der Waals surface area contributed by atoms with E-state index in [2.05, 4.69) is 33.5 Å². The monoisotopic (exact) mass is 346 g/mol. The number of carbonyl (C=O) groups is 1. The number of hydrogen-bond donors (Lipinski definition) is 2. The Hall–Kier alpha value is -0.580. The summed E-state index contributed by atoms with van der Waals surface area (Å²) in [7, 11) is 0. The van der Waals surface area contributed by atoms with Gasteiger partial charge in [0.25, 0.3) is 5.91 Å². The first-order chi connectivity index (χ1) is 8.66. The van der Waals surface area contributed by atoms with Crippen molar-refractivity contribution in [3.8, 4) is 0 Å². The molecule has 1 heterocycles. The van der Waals surface area contributed by atoms with Gasteiger partial charge in [-0.3, -0.25) is 4.79 Å². The predicted molar refractivity (Wildman–Crippen MR) is 83.9 cm³/mol. The maximum Gasteiger partial charge on any atom is 0.251 e. The van der Waals surface area contributed by atoms with Gasteiger partial charge in [-0.15, -0.1) is 12.4 Å². The topological polar surface area (TPSA) is 41.1 Å².